The van der Waals surface area contributed by atoms with Crippen LogP contribution in [-0.2, 0) is 0 Å². The van der Waals surface area contributed by atoms with Crippen molar-refractivity contribution in [2.75, 3.05) is 0 Å². The number of hydrogen-bond donors (Lipinski definition) is 0. The minimum atomic E-state index is 1.16. The van der Waals surface area contributed by atoms with Gasteiger partial charge in [0, 0.05) is 0 Å². The fourth-order valence-corrected chi connectivity index (χ4v) is 1.73. The van der Waals surface area contributed by atoms with Crippen LogP contribution in [-0.4, -0.2) is 16.0 Å². The molecule has 0 aliphatic carbocycles. The molecule has 0 aliphatic heterocycles. The zero-order valence-corrected chi connectivity index (χ0v) is 7.79. The average molecular weight is 206 g/mol. The molecule has 0 fully saturated rings. The van der Waals surface area contributed by atoms with Gasteiger partial charge in [0.2, 0.25) is 0 Å². The first kappa shape index (κ1) is 6.90. The first-order chi connectivity index (χ1) is 5.38. The van der Waals surface area contributed by atoms with E-state index < -0.39 is 0 Å². The van der Waals surface area contributed by atoms with Crippen LogP contribution in [0.5, 0.6) is 0 Å². The van der Waals surface area contributed by atoms with Crippen molar-refractivity contribution in [2.24, 2.45) is 0 Å². The third-order valence-electron chi connectivity index (χ3n) is 1.70. The van der Waals surface area contributed by atoms with Gasteiger partial charge in [0.1, 0.15) is 0 Å². The van der Waals surface area contributed by atoms with Crippen LogP contribution in [0.1, 0.15) is 0 Å². The molecular formula is C10H7Se. The van der Waals surface area contributed by atoms with E-state index in [1.807, 2.05) is 12.1 Å². The second-order valence-corrected chi connectivity index (χ2v) is 3.35. The van der Waals surface area contributed by atoms with E-state index in [1.54, 1.807) is 0 Å². The summed E-state index contributed by atoms with van der Waals surface area (Å²) in [5, 5.41) is 2.55. The maximum atomic E-state index is 3.15. The molecule has 0 saturated carbocycles. The van der Waals surface area contributed by atoms with E-state index in [-0.39, 0.29) is 0 Å². The van der Waals surface area contributed by atoms with E-state index in [0.29, 0.717) is 0 Å². The molecule has 2 aromatic rings. The van der Waals surface area contributed by atoms with Crippen molar-refractivity contribution in [1.29, 1.82) is 0 Å². The van der Waals surface area contributed by atoms with Crippen LogP contribution in [0.25, 0.3) is 10.8 Å². The summed E-state index contributed by atoms with van der Waals surface area (Å²) in [6, 6.07) is 15.5. The summed E-state index contributed by atoms with van der Waals surface area (Å²) in [5.74, 6) is 0. The molecule has 11 heavy (non-hydrogen) atoms. The second-order valence-electron chi connectivity index (χ2n) is 2.41. The van der Waals surface area contributed by atoms with Gasteiger partial charge in [0.15, 0.2) is 0 Å². The average Bonchev–Trinajstić information content (AvgIpc) is 2.06. The molecule has 0 saturated heterocycles. The summed E-state index contributed by atoms with van der Waals surface area (Å²) in [4.78, 5) is 0. The van der Waals surface area contributed by atoms with Crippen LogP contribution >= 0.6 is 0 Å². The molecule has 0 aliphatic rings. The molecule has 0 N–H and O–H groups in total. The molecule has 0 bridgehead atoms. The predicted octanol–water partition coefficient (Wildman–Crippen LogP) is 1.17. The van der Waals surface area contributed by atoms with Crippen molar-refractivity contribution in [3.05, 3.63) is 42.5 Å². The van der Waals surface area contributed by atoms with Crippen LogP contribution < -0.4 is 4.46 Å². The van der Waals surface area contributed by atoms with Gasteiger partial charge in [-0.3, -0.25) is 0 Å². The molecule has 2 rings (SSSR count). The molecule has 0 amide bonds. The van der Waals surface area contributed by atoms with E-state index in [4.69, 9.17) is 0 Å². The minimum absolute atomic E-state index is 1.16. The third kappa shape index (κ3) is 1.18. The van der Waals surface area contributed by atoms with Gasteiger partial charge in [-0.15, -0.1) is 0 Å². The van der Waals surface area contributed by atoms with Crippen molar-refractivity contribution >= 4 is 31.2 Å². The predicted molar refractivity (Wildman–Crippen MR) is 49.6 cm³/mol. The Morgan fingerprint density at radius 2 is 1.91 bits per heavy atom. The van der Waals surface area contributed by atoms with Gasteiger partial charge in [0.05, 0.1) is 0 Å². The second kappa shape index (κ2) is 2.69. The van der Waals surface area contributed by atoms with E-state index >= 15 is 0 Å². The van der Waals surface area contributed by atoms with E-state index in [1.165, 1.54) is 10.8 Å². The topological polar surface area (TPSA) is 0 Å². The normalized spacial score (nSPS) is 10.3. The Balaban J connectivity index is 2.91. The molecule has 0 atom stereocenters. The number of hydrogen-bond acceptors (Lipinski definition) is 0. The van der Waals surface area contributed by atoms with Crippen LogP contribution in [0.3, 0.4) is 0 Å². The zero-order valence-electron chi connectivity index (χ0n) is 5.91. The van der Waals surface area contributed by atoms with E-state index in [9.17, 15) is 0 Å². The quantitative estimate of drug-likeness (QED) is 0.567. The molecule has 53 valence electrons. The van der Waals surface area contributed by atoms with Gasteiger partial charge in [-0.1, -0.05) is 0 Å². The zero-order chi connectivity index (χ0) is 7.68. The third-order valence-corrected chi connectivity index (χ3v) is 2.48. The number of benzene rings is 2. The maximum absolute atomic E-state index is 3.15. The summed E-state index contributed by atoms with van der Waals surface area (Å²) < 4.78 is 1.16. The first-order valence-corrected chi connectivity index (χ1v) is 4.40. The Hall–Kier alpha value is -0.781. The number of fused-ring (bicyclic) bond motifs is 1. The Morgan fingerprint density at radius 1 is 1.09 bits per heavy atom. The fraction of sp³-hybridized carbons (Fsp3) is 0. The molecule has 0 nitrogen and oxygen atoms in total. The molecule has 0 unspecified atom stereocenters. The van der Waals surface area contributed by atoms with Crippen molar-refractivity contribution in [3.63, 3.8) is 0 Å². The summed E-state index contributed by atoms with van der Waals surface area (Å²) >= 11 is 2.54. The van der Waals surface area contributed by atoms with Crippen LogP contribution in [0.4, 0.5) is 0 Å². The SMILES string of the molecule is [SeH]c1[c]ccc2ccccc12. The van der Waals surface area contributed by atoms with Crippen LogP contribution in [0.15, 0.2) is 36.4 Å². The van der Waals surface area contributed by atoms with Crippen LogP contribution in [0, 0.1) is 6.07 Å². The Labute approximate surface area is 74.0 Å². The molecule has 0 heterocycles. The van der Waals surface area contributed by atoms with Crippen molar-refractivity contribution < 1.29 is 0 Å². The van der Waals surface area contributed by atoms with Gasteiger partial charge in [-0.05, 0) is 0 Å². The van der Waals surface area contributed by atoms with Crippen LogP contribution in [0.2, 0.25) is 0 Å². The molecule has 0 spiro atoms. The molecular weight excluding hydrogens is 199 g/mol. The summed E-state index contributed by atoms with van der Waals surface area (Å²) in [6.45, 7) is 0. The summed E-state index contributed by atoms with van der Waals surface area (Å²) in [7, 11) is 0. The van der Waals surface area contributed by atoms with Crippen molar-refractivity contribution in [3.8, 4) is 0 Å². The Bertz CT molecular complexity index is 374. The summed E-state index contributed by atoms with van der Waals surface area (Å²) in [5.41, 5.74) is 0. The number of rotatable bonds is 0. The van der Waals surface area contributed by atoms with E-state index in [2.05, 4.69) is 46.3 Å². The Kier molecular flexibility index (Phi) is 1.69. The first-order valence-electron chi connectivity index (χ1n) is 3.46. The monoisotopic (exact) mass is 207 g/mol. The van der Waals surface area contributed by atoms with Gasteiger partial charge in [-0.2, -0.15) is 0 Å². The Morgan fingerprint density at radius 3 is 2.73 bits per heavy atom. The van der Waals surface area contributed by atoms with Gasteiger partial charge in [0.25, 0.3) is 0 Å². The van der Waals surface area contributed by atoms with Crippen molar-refractivity contribution in [2.45, 2.75) is 0 Å². The molecule has 1 radical (unpaired) electrons. The van der Waals surface area contributed by atoms with Crippen molar-refractivity contribution in [1.82, 2.24) is 0 Å². The van der Waals surface area contributed by atoms with E-state index in [0.717, 1.165) is 4.46 Å². The van der Waals surface area contributed by atoms with Gasteiger partial charge in [-0.25, -0.2) is 0 Å². The van der Waals surface area contributed by atoms with Gasteiger partial charge < -0.3 is 0 Å². The standard InChI is InChI=1S/C10H7Se/c11-10-7-3-5-8-4-1-2-6-9(8)10/h1-6,11H. The summed E-state index contributed by atoms with van der Waals surface area (Å²) in [6.07, 6.45) is 0. The molecule has 0 aromatic heterocycles. The fourth-order valence-electron chi connectivity index (χ4n) is 1.15. The molecule has 2 aromatic carbocycles. The molecule has 1 heteroatoms. The van der Waals surface area contributed by atoms with Gasteiger partial charge >= 0.3 is 73.7 Å².